The number of nitrogen functional groups attached to an aromatic ring is 1. The molecule has 19 heavy (non-hydrogen) atoms. The number of aryl methyl sites for hydroxylation is 1. The zero-order valence-electron chi connectivity index (χ0n) is 11.1. The molecule has 0 unspecified atom stereocenters. The van der Waals surface area contributed by atoms with Crippen molar-refractivity contribution in [2.45, 2.75) is 13.3 Å². The highest BCUT2D eigenvalue weighted by molar-refractivity contribution is 5.77. The summed E-state index contributed by atoms with van der Waals surface area (Å²) in [7, 11) is 1.37. The first-order chi connectivity index (χ1) is 9.10. The molecule has 0 fully saturated rings. The second-order valence-electron chi connectivity index (χ2n) is 4.54. The molecule has 98 valence electrons. The predicted octanol–water partition coefficient (Wildman–Crippen LogP) is 2.96. The summed E-state index contributed by atoms with van der Waals surface area (Å²) >= 11 is 0. The molecular weight excluding hydrogens is 238 g/mol. The van der Waals surface area contributed by atoms with E-state index >= 15 is 0 Å². The van der Waals surface area contributed by atoms with Gasteiger partial charge in [-0.25, -0.2) is 0 Å². The molecule has 0 saturated heterocycles. The first-order valence-electron chi connectivity index (χ1n) is 6.12. The highest BCUT2D eigenvalue weighted by atomic mass is 16.5. The third-order valence-electron chi connectivity index (χ3n) is 3.06. The second-order valence-corrected chi connectivity index (χ2v) is 4.54. The van der Waals surface area contributed by atoms with Crippen LogP contribution in [0, 0.1) is 6.92 Å². The molecule has 2 aromatic carbocycles. The molecule has 0 spiro atoms. The van der Waals surface area contributed by atoms with E-state index < -0.39 is 0 Å². The van der Waals surface area contributed by atoms with Crippen molar-refractivity contribution in [3.8, 4) is 11.1 Å². The Morgan fingerprint density at radius 2 is 1.89 bits per heavy atom. The maximum Gasteiger partial charge on any atom is 0.310 e. The Hall–Kier alpha value is -2.29. The van der Waals surface area contributed by atoms with E-state index in [1.165, 1.54) is 12.7 Å². The molecule has 2 N–H and O–H groups in total. The molecule has 0 saturated carbocycles. The van der Waals surface area contributed by atoms with Gasteiger partial charge in [-0.05, 0) is 29.7 Å². The number of hydrogen-bond donors (Lipinski definition) is 1. The Balaban J connectivity index is 2.31. The number of methoxy groups -OCH3 is 1. The lowest BCUT2D eigenvalue weighted by Gasteiger charge is -2.08. The summed E-state index contributed by atoms with van der Waals surface area (Å²) in [5.41, 5.74) is 10.8. The van der Waals surface area contributed by atoms with Crippen LogP contribution in [0.1, 0.15) is 11.1 Å². The third-order valence-corrected chi connectivity index (χ3v) is 3.06. The summed E-state index contributed by atoms with van der Waals surface area (Å²) < 4.78 is 4.65. The van der Waals surface area contributed by atoms with Gasteiger partial charge in [-0.15, -0.1) is 0 Å². The van der Waals surface area contributed by atoms with Crippen LogP contribution in [0.25, 0.3) is 11.1 Å². The standard InChI is InChI=1S/C16H17NO2/c1-11-4-3-5-12(8-11)13-6-7-14(15(17)9-13)10-16(18)19-2/h3-9H,10,17H2,1-2H3. The van der Waals surface area contributed by atoms with Gasteiger partial charge >= 0.3 is 5.97 Å². The summed E-state index contributed by atoms with van der Waals surface area (Å²) in [4.78, 5) is 11.3. The van der Waals surface area contributed by atoms with E-state index in [1.807, 2.05) is 30.3 Å². The Morgan fingerprint density at radius 3 is 2.53 bits per heavy atom. The van der Waals surface area contributed by atoms with E-state index in [9.17, 15) is 4.79 Å². The van der Waals surface area contributed by atoms with Crippen LogP contribution in [-0.4, -0.2) is 13.1 Å². The van der Waals surface area contributed by atoms with E-state index in [2.05, 4.69) is 23.8 Å². The summed E-state index contributed by atoms with van der Waals surface area (Å²) in [6.07, 6.45) is 0.205. The Kier molecular flexibility index (Phi) is 3.85. The van der Waals surface area contributed by atoms with E-state index in [0.29, 0.717) is 5.69 Å². The fourth-order valence-electron chi connectivity index (χ4n) is 1.99. The Bertz CT molecular complexity index is 605. The number of nitrogens with two attached hydrogens (primary N) is 1. The van der Waals surface area contributed by atoms with Crippen molar-refractivity contribution in [2.75, 3.05) is 12.8 Å². The van der Waals surface area contributed by atoms with Crippen LogP contribution < -0.4 is 5.73 Å². The highest BCUT2D eigenvalue weighted by Gasteiger charge is 2.08. The summed E-state index contributed by atoms with van der Waals surface area (Å²) in [6.45, 7) is 2.05. The number of carbonyl (C=O) groups excluding carboxylic acids is 1. The number of hydrogen-bond acceptors (Lipinski definition) is 3. The SMILES string of the molecule is COC(=O)Cc1ccc(-c2cccc(C)c2)cc1N. The molecule has 3 heteroatoms. The van der Waals surface area contributed by atoms with Gasteiger partial charge in [0.1, 0.15) is 0 Å². The molecule has 0 aromatic heterocycles. The van der Waals surface area contributed by atoms with Crippen LogP contribution in [0.15, 0.2) is 42.5 Å². The third kappa shape index (κ3) is 3.13. The average molecular weight is 255 g/mol. The number of rotatable bonds is 3. The van der Waals surface area contributed by atoms with Gasteiger partial charge in [-0.1, -0.05) is 42.0 Å². The molecule has 3 nitrogen and oxygen atoms in total. The highest BCUT2D eigenvalue weighted by Crippen LogP contribution is 2.25. The number of anilines is 1. The maximum absolute atomic E-state index is 11.3. The lowest BCUT2D eigenvalue weighted by molar-refractivity contribution is -0.139. The first-order valence-corrected chi connectivity index (χ1v) is 6.12. The van der Waals surface area contributed by atoms with E-state index in [4.69, 9.17) is 5.73 Å². The topological polar surface area (TPSA) is 52.3 Å². The van der Waals surface area contributed by atoms with Crippen LogP contribution in [0.4, 0.5) is 5.69 Å². The van der Waals surface area contributed by atoms with E-state index in [0.717, 1.165) is 16.7 Å². The number of benzene rings is 2. The summed E-state index contributed by atoms with van der Waals surface area (Å²) in [5, 5.41) is 0. The molecule has 2 rings (SSSR count). The summed E-state index contributed by atoms with van der Waals surface area (Å²) in [6, 6.07) is 14.0. The van der Waals surface area contributed by atoms with Gasteiger partial charge in [0, 0.05) is 5.69 Å². The quantitative estimate of drug-likeness (QED) is 0.677. The van der Waals surface area contributed by atoms with Gasteiger partial charge in [0.15, 0.2) is 0 Å². The molecule has 0 amide bonds. The number of ether oxygens (including phenoxy) is 1. The molecule has 0 aliphatic carbocycles. The van der Waals surface area contributed by atoms with Crippen LogP contribution in [0.3, 0.4) is 0 Å². The fourth-order valence-corrected chi connectivity index (χ4v) is 1.99. The minimum absolute atomic E-state index is 0.205. The smallest absolute Gasteiger partial charge is 0.310 e. The zero-order chi connectivity index (χ0) is 13.8. The van der Waals surface area contributed by atoms with Crippen LogP contribution in [0.5, 0.6) is 0 Å². The summed E-state index contributed by atoms with van der Waals surface area (Å²) in [5.74, 6) is -0.282. The van der Waals surface area contributed by atoms with Crippen molar-refractivity contribution in [1.82, 2.24) is 0 Å². The van der Waals surface area contributed by atoms with Gasteiger partial charge in [-0.3, -0.25) is 4.79 Å². The van der Waals surface area contributed by atoms with Gasteiger partial charge in [-0.2, -0.15) is 0 Å². The monoisotopic (exact) mass is 255 g/mol. The molecule has 0 heterocycles. The predicted molar refractivity (Wildman–Crippen MR) is 76.7 cm³/mol. The molecule has 0 atom stereocenters. The van der Waals surface area contributed by atoms with Gasteiger partial charge < -0.3 is 10.5 Å². The number of carbonyl (C=O) groups is 1. The molecule has 0 radical (unpaired) electrons. The Morgan fingerprint density at radius 1 is 1.16 bits per heavy atom. The van der Waals surface area contributed by atoms with E-state index in [-0.39, 0.29) is 12.4 Å². The average Bonchev–Trinajstić information content (AvgIpc) is 2.41. The van der Waals surface area contributed by atoms with Crippen LogP contribution >= 0.6 is 0 Å². The number of esters is 1. The molecule has 0 bridgehead atoms. The fraction of sp³-hybridized carbons (Fsp3) is 0.188. The zero-order valence-corrected chi connectivity index (χ0v) is 11.1. The molecule has 0 aliphatic heterocycles. The van der Waals surface area contributed by atoms with Crippen LogP contribution in [0.2, 0.25) is 0 Å². The largest absolute Gasteiger partial charge is 0.469 e. The lowest BCUT2D eigenvalue weighted by Crippen LogP contribution is -2.06. The minimum Gasteiger partial charge on any atom is -0.469 e. The molecule has 2 aromatic rings. The van der Waals surface area contributed by atoms with E-state index in [1.54, 1.807) is 0 Å². The van der Waals surface area contributed by atoms with Crippen molar-refractivity contribution >= 4 is 11.7 Å². The van der Waals surface area contributed by atoms with Crippen molar-refractivity contribution < 1.29 is 9.53 Å². The lowest BCUT2D eigenvalue weighted by atomic mass is 10.00. The van der Waals surface area contributed by atoms with Crippen molar-refractivity contribution in [2.24, 2.45) is 0 Å². The van der Waals surface area contributed by atoms with Crippen molar-refractivity contribution in [3.05, 3.63) is 53.6 Å². The van der Waals surface area contributed by atoms with Crippen molar-refractivity contribution in [3.63, 3.8) is 0 Å². The molecule has 0 aliphatic rings. The van der Waals surface area contributed by atoms with Crippen LogP contribution in [-0.2, 0) is 16.0 Å². The molecular formula is C16H17NO2. The maximum atomic E-state index is 11.3. The first kappa shape index (κ1) is 13.1. The normalized spacial score (nSPS) is 10.2. The Labute approximate surface area is 113 Å². The van der Waals surface area contributed by atoms with Gasteiger partial charge in [0.2, 0.25) is 0 Å². The minimum atomic E-state index is -0.282. The van der Waals surface area contributed by atoms with Gasteiger partial charge in [0.05, 0.1) is 13.5 Å². The second kappa shape index (κ2) is 5.57. The van der Waals surface area contributed by atoms with Gasteiger partial charge in [0.25, 0.3) is 0 Å². The van der Waals surface area contributed by atoms with Crippen molar-refractivity contribution in [1.29, 1.82) is 0 Å².